The number of amides is 1. The number of nitrogen functional groups attached to an aromatic ring is 1. The van der Waals surface area contributed by atoms with Crippen LogP contribution in [0.2, 0.25) is 0 Å². The molecule has 0 spiro atoms. The number of carbonyl (C=O) groups is 1. The van der Waals surface area contributed by atoms with Crippen LogP contribution in [0, 0.1) is 23.7 Å². The van der Waals surface area contributed by atoms with Crippen LogP contribution in [0.25, 0.3) is 0 Å². The Morgan fingerprint density at radius 1 is 1.09 bits per heavy atom. The van der Waals surface area contributed by atoms with Crippen molar-refractivity contribution in [2.75, 3.05) is 35.6 Å². The number of rotatable bonds is 6. The zero-order chi connectivity index (χ0) is 21.4. The van der Waals surface area contributed by atoms with Gasteiger partial charge in [-0.05, 0) is 61.2 Å². The average molecular weight is 433 g/mol. The number of ether oxygens (including phenoxy) is 1. The zero-order valence-electron chi connectivity index (χ0n) is 18.0. The summed E-state index contributed by atoms with van der Waals surface area (Å²) < 4.78 is 6.17. The quantitative estimate of drug-likeness (QED) is 0.723. The number of benzene rings is 1. The summed E-state index contributed by atoms with van der Waals surface area (Å²) >= 11 is 0. The molecule has 166 valence electrons. The van der Waals surface area contributed by atoms with Gasteiger partial charge in [-0.3, -0.25) is 9.69 Å². The van der Waals surface area contributed by atoms with E-state index in [-0.39, 0.29) is 24.4 Å². The highest BCUT2D eigenvalue weighted by atomic mass is 16.5. The Kier molecular flexibility index (Phi) is 3.98. The average Bonchev–Trinajstić information content (AvgIpc) is 3.43. The summed E-state index contributed by atoms with van der Waals surface area (Å²) in [4.78, 5) is 25.9. The minimum atomic E-state index is -0.102. The number of aromatic nitrogens is 2. The molecule has 8 nitrogen and oxygen atoms in total. The molecule has 2 unspecified atom stereocenters. The van der Waals surface area contributed by atoms with Crippen LogP contribution in [-0.2, 0) is 17.9 Å². The van der Waals surface area contributed by atoms with Crippen LogP contribution in [0.15, 0.2) is 24.3 Å². The molecule has 8 rings (SSSR count). The van der Waals surface area contributed by atoms with Gasteiger partial charge >= 0.3 is 6.01 Å². The number of nitrogens with one attached hydrogen (secondary N) is 1. The lowest BCUT2D eigenvalue weighted by Crippen LogP contribution is -2.39. The first-order valence-corrected chi connectivity index (χ1v) is 11.8. The number of carbonyl (C=O) groups excluding carboxylic acids is 1. The number of fused-ring (bicyclic) bond motifs is 2. The van der Waals surface area contributed by atoms with Gasteiger partial charge in [-0.1, -0.05) is 24.3 Å². The largest absolute Gasteiger partial charge is 0.460 e. The van der Waals surface area contributed by atoms with Crippen LogP contribution >= 0.6 is 0 Å². The Bertz CT molecular complexity index is 1080. The minimum Gasteiger partial charge on any atom is -0.460 e. The number of hydrogen-bond donors (Lipinski definition) is 2. The number of anilines is 3. The van der Waals surface area contributed by atoms with E-state index in [0.29, 0.717) is 30.0 Å². The van der Waals surface area contributed by atoms with E-state index < -0.39 is 0 Å². The van der Waals surface area contributed by atoms with Crippen LogP contribution in [0.4, 0.5) is 17.3 Å². The molecule has 2 bridgehead atoms. The third-order valence-corrected chi connectivity index (χ3v) is 8.00. The van der Waals surface area contributed by atoms with E-state index in [9.17, 15) is 4.79 Å². The Morgan fingerprint density at radius 3 is 2.62 bits per heavy atom. The van der Waals surface area contributed by atoms with Gasteiger partial charge in [-0.15, -0.1) is 0 Å². The summed E-state index contributed by atoms with van der Waals surface area (Å²) in [6.45, 7) is 4.14. The highest BCUT2D eigenvalue weighted by Gasteiger charge is 2.81. The fourth-order valence-electron chi connectivity index (χ4n) is 6.39. The molecule has 2 aliphatic heterocycles. The van der Waals surface area contributed by atoms with Gasteiger partial charge in [0.2, 0.25) is 5.91 Å². The maximum absolute atomic E-state index is 12.4. The second-order valence-electron chi connectivity index (χ2n) is 10.1. The van der Waals surface area contributed by atoms with Crippen molar-refractivity contribution in [2.45, 2.75) is 38.5 Å². The van der Waals surface area contributed by atoms with Gasteiger partial charge in [0, 0.05) is 19.0 Å². The van der Waals surface area contributed by atoms with Gasteiger partial charge in [0.15, 0.2) is 11.6 Å². The molecule has 2 aromatic rings. The van der Waals surface area contributed by atoms with E-state index >= 15 is 0 Å². The predicted molar refractivity (Wildman–Crippen MR) is 120 cm³/mol. The Labute approximate surface area is 187 Å². The van der Waals surface area contributed by atoms with Gasteiger partial charge in [-0.25, -0.2) is 0 Å². The molecular weight excluding hydrogens is 404 g/mol. The zero-order valence-corrected chi connectivity index (χ0v) is 18.0. The molecule has 32 heavy (non-hydrogen) atoms. The molecule has 6 aliphatic rings. The van der Waals surface area contributed by atoms with Crippen LogP contribution in [0.1, 0.15) is 30.4 Å². The topological polar surface area (TPSA) is 96.6 Å². The third kappa shape index (κ3) is 3.03. The van der Waals surface area contributed by atoms with Crippen LogP contribution in [-0.4, -0.2) is 46.5 Å². The minimum absolute atomic E-state index is 0.102. The van der Waals surface area contributed by atoms with Crippen molar-refractivity contribution in [2.24, 2.45) is 23.7 Å². The van der Waals surface area contributed by atoms with Gasteiger partial charge in [0.25, 0.3) is 0 Å². The van der Waals surface area contributed by atoms with Gasteiger partial charge < -0.3 is 20.7 Å². The molecule has 5 atom stereocenters. The predicted octanol–water partition coefficient (Wildman–Crippen LogP) is 2.26. The van der Waals surface area contributed by atoms with Crippen molar-refractivity contribution in [1.82, 2.24) is 14.9 Å². The van der Waals surface area contributed by atoms with Crippen molar-refractivity contribution in [3.8, 4) is 6.01 Å². The lowest BCUT2D eigenvalue weighted by molar-refractivity contribution is -0.115. The molecule has 1 aromatic heterocycles. The molecule has 1 amide bonds. The summed E-state index contributed by atoms with van der Waals surface area (Å²) in [6, 6.07) is 8.96. The second-order valence-corrected chi connectivity index (χ2v) is 10.1. The van der Waals surface area contributed by atoms with E-state index in [1.165, 1.54) is 31.5 Å². The molecule has 5 fully saturated rings. The fourth-order valence-corrected chi connectivity index (χ4v) is 6.39. The molecular formula is C24H28N6O2. The summed E-state index contributed by atoms with van der Waals surface area (Å²) in [7, 11) is 0. The van der Waals surface area contributed by atoms with Crippen molar-refractivity contribution in [3.05, 3.63) is 35.4 Å². The van der Waals surface area contributed by atoms with E-state index in [0.717, 1.165) is 36.3 Å². The Morgan fingerprint density at radius 2 is 1.88 bits per heavy atom. The van der Waals surface area contributed by atoms with Crippen molar-refractivity contribution < 1.29 is 9.53 Å². The first-order chi connectivity index (χ1) is 15.6. The first-order valence-electron chi connectivity index (χ1n) is 11.8. The number of hydrogen-bond acceptors (Lipinski definition) is 7. The molecule has 3 N–H and O–H groups in total. The summed E-state index contributed by atoms with van der Waals surface area (Å²) in [6.07, 6.45) is 3.91. The van der Waals surface area contributed by atoms with Gasteiger partial charge in [0.1, 0.15) is 11.8 Å². The van der Waals surface area contributed by atoms with Gasteiger partial charge in [0.05, 0.1) is 6.54 Å². The van der Waals surface area contributed by atoms with E-state index in [4.69, 9.17) is 15.5 Å². The molecule has 0 radical (unpaired) electrons. The molecule has 1 saturated heterocycles. The van der Waals surface area contributed by atoms with Crippen molar-refractivity contribution >= 4 is 23.2 Å². The standard InChI is InChI=1S/C24H28N6O2/c25-22-21-23(28-24(27-22)32-16-9-15-18-19(15)20(16)18)30(12-17(31)26-21)11-14-5-3-4-13(8-14)10-29-6-1-2-7-29/h3-5,8,15-16,18-20H,1-2,6-7,9-12H2,(H,26,31)(H2,25,27,28)/t15-,16-,18?,19-,20?/m1/s1. The van der Waals surface area contributed by atoms with Crippen molar-refractivity contribution in [3.63, 3.8) is 0 Å². The first kappa shape index (κ1) is 18.7. The fraction of sp³-hybridized carbons (Fsp3) is 0.542. The SMILES string of the molecule is Nc1nc(O[C@@H]2C[C@@H]3C4C2[C@@H]43)nc2c1NC(=O)CN2Cc1cccc(CN2CCCC2)c1. The highest BCUT2D eigenvalue weighted by molar-refractivity contribution is 6.03. The van der Waals surface area contributed by atoms with E-state index in [2.05, 4.69) is 39.5 Å². The van der Waals surface area contributed by atoms with E-state index in [1.54, 1.807) is 0 Å². The highest BCUT2D eigenvalue weighted by Crippen LogP contribution is 2.82. The lowest BCUT2D eigenvalue weighted by atomic mass is 10.1. The molecule has 4 aliphatic carbocycles. The monoisotopic (exact) mass is 432 g/mol. The maximum Gasteiger partial charge on any atom is 0.320 e. The van der Waals surface area contributed by atoms with Crippen molar-refractivity contribution in [1.29, 1.82) is 0 Å². The Balaban J connectivity index is 1.13. The number of likely N-dealkylation sites (tertiary alicyclic amines) is 1. The second kappa shape index (κ2) is 6.81. The summed E-state index contributed by atoms with van der Waals surface area (Å²) in [5.74, 6) is 4.20. The Hall–Kier alpha value is -2.87. The third-order valence-electron chi connectivity index (χ3n) is 8.00. The number of nitrogens with zero attached hydrogens (tertiary/aromatic N) is 4. The van der Waals surface area contributed by atoms with Crippen LogP contribution in [0.5, 0.6) is 6.01 Å². The van der Waals surface area contributed by atoms with E-state index in [1.807, 2.05) is 4.90 Å². The lowest BCUT2D eigenvalue weighted by Gasteiger charge is -2.30. The molecule has 8 heteroatoms. The molecule has 3 heterocycles. The number of nitrogens with two attached hydrogens (primary N) is 1. The van der Waals surface area contributed by atoms with Crippen LogP contribution in [0.3, 0.4) is 0 Å². The molecule has 1 aromatic carbocycles. The maximum atomic E-state index is 12.4. The summed E-state index contributed by atoms with van der Waals surface area (Å²) in [5.41, 5.74) is 9.17. The van der Waals surface area contributed by atoms with Crippen LogP contribution < -0.4 is 20.7 Å². The van der Waals surface area contributed by atoms with Gasteiger partial charge in [-0.2, -0.15) is 9.97 Å². The summed E-state index contributed by atoms with van der Waals surface area (Å²) in [5, 5.41) is 2.85. The molecule has 4 saturated carbocycles. The normalized spacial score (nSPS) is 31.8. The smallest absolute Gasteiger partial charge is 0.320 e.